The van der Waals surface area contributed by atoms with Gasteiger partial charge in [-0.2, -0.15) is 0 Å². The maximum Gasteiger partial charge on any atom is 0.261 e. The number of nitrogens with one attached hydrogen (secondary N) is 1. The van der Waals surface area contributed by atoms with E-state index in [2.05, 4.69) is 4.72 Å². The maximum absolute atomic E-state index is 12.8. The lowest BCUT2D eigenvalue weighted by atomic mass is 10.1. The number of rotatable bonds is 4. The van der Waals surface area contributed by atoms with Gasteiger partial charge in [-0.1, -0.05) is 23.7 Å². The molecule has 138 valence electrons. The van der Waals surface area contributed by atoms with Crippen molar-refractivity contribution in [2.24, 2.45) is 0 Å². The predicted octanol–water partition coefficient (Wildman–Crippen LogP) is 3.99. The van der Waals surface area contributed by atoms with Gasteiger partial charge in [-0.3, -0.25) is 9.52 Å². The number of hydrogen-bond donors (Lipinski definition) is 1. The number of nitrogens with zero attached hydrogens (tertiary/aromatic N) is 1. The average molecular weight is 393 g/mol. The average Bonchev–Trinajstić information content (AvgIpc) is 3.12. The molecular weight excluding hydrogens is 372 g/mol. The highest BCUT2D eigenvalue weighted by Crippen LogP contribution is 2.29. The van der Waals surface area contributed by atoms with Crippen LogP contribution in [-0.2, 0) is 10.0 Å². The summed E-state index contributed by atoms with van der Waals surface area (Å²) in [6.07, 6.45) is 1.97. The third kappa shape index (κ3) is 3.86. The Morgan fingerprint density at radius 2 is 1.81 bits per heavy atom. The van der Waals surface area contributed by atoms with E-state index in [-0.39, 0.29) is 10.8 Å². The number of anilines is 1. The van der Waals surface area contributed by atoms with E-state index in [0.717, 1.165) is 24.0 Å². The van der Waals surface area contributed by atoms with Crippen molar-refractivity contribution >= 4 is 33.2 Å². The van der Waals surface area contributed by atoms with Gasteiger partial charge in [0.15, 0.2) is 0 Å². The van der Waals surface area contributed by atoms with Crippen LogP contribution in [0.1, 0.15) is 34.3 Å². The van der Waals surface area contributed by atoms with Crippen molar-refractivity contribution in [3.8, 4) is 0 Å². The Hall–Kier alpha value is -2.05. The number of aryl methyl sites for hydroxylation is 2. The zero-order valence-electron chi connectivity index (χ0n) is 14.8. The molecule has 1 heterocycles. The Labute approximate surface area is 159 Å². The summed E-state index contributed by atoms with van der Waals surface area (Å²) in [6.45, 7) is 5.12. The van der Waals surface area contributed by atoms with Crippen LogP contribution in [0.2, 0.25) is 5.02 Å². The molecule has 0 unspecified atom stereocenters. The molecule has 7 heteroatoms. The normalized spacial score (nSPS) is 14.5. The molecule has 1 aliphatic rings. The summed E-state index contributed by atoms with van der Waals surface area (Å²) in [5, 5.41) is 0.343. The van der Waals surface area contributed by atoms with Gasteiger partial charge >= 0.3 is 0 Å². The molecule has 1 saturated heterocycles. The molecule has 2 aromatic rings. The van der Waals surface area contributed by atoms with Crippen molar-refractivity contribution in [3.05, 3.63) is 58.1 Å². The molecule has 0 radical (unpaired) electrons. The molecule has 1 amide bonds. The van der Waals surface area contributed by atoms with E-state index in [0.29, 0.717) is 29.4 Å². The number of sulfonamides is 1. The monoisotopic (exact) mass is 392 g/mol. The van der Waals surface area contributed by atoms with Crippen LogP contribution in [0.15, 0.2) is 41.3 Å². The lowest BCUT2D eigenvalue weighted by molar-refractivity contribution is 0.0792. The van der Waals surface area contributed by atoms with Crippen LogP contribution in [0.4, 0.5) is 5.69 Å². The Morgan fingerprint density at radius 3 is 2.46 bits per heavy atom. The second-order valence-electron chi connectivity index (χ2n) is 6.57. The van der Waals surface area contributed by atoms with Crippen LogP contribution >= 0.6 is 11.6 Å². The molecule has 2 aromatic carbocycles. The standard InChI is InChI=1S/C19H21ClN2O3S/c1-13-10-14(2)18(17(20)11-13)21-26(24,25)16-7-5-6-15(12-16)19(23)22-8-3-4-9-22/h5-7,10-12,21H,3-4,8-9H2,1-2H3. The second kappa shape index (κ2) is 7.29. The number of hydrogen-bond acceptors (Lipinski definition) is 3. The quantitative estimate of drug-likeness (QED) is 0.855. The Balaban J connectivity index is 1.90. The largest absolute Gasteiger partial charge is 0.339 e. The topological polar surface area (TPSA) is 66.5 Å². The predicted molar refractivity (Wildman–Crippen MR) is 103 cm³/mol. The molecule has 1 N–H and O–H groups in total. The van der Waals surface area contributed by atoms with Crippen molar-refractivity contribution in [2.45, 2.75) is 31.6 Å². The van der Waals surface area contributed by atoms with Gasteiger partial charge in [0.1, 0.15) is 0 Å². The SMILES string of the molecule is Cc1cc(C)c(NS(=O)(=O)c2cccc(C(=O)N3CCCC3)c2)c(Cl)c1. The Kier molecular flexibility index (Phi) is 5.25. The van der Waals surface area contributed by atoms with Crippen molar-refractivity contribution in [3.63, 3.8) is 0 Å². The smallest absolute Gasteiger partial charge is 0.261 e. The molecule has 1 aliphatic heterocycles. The van der Waals surface area contributed by atoms with E-state index < -0.39 is 10.0 Å². The number of amides is 1. The molecule has 0 aromatic heterocycles. The number of carbonyl (C=O) groups excluding carboxylic acids is 1. The lowest BCUT2D eigenvalue weighted by Crippen LogP contribution is -2.27. The molecule has 26 heavy (non-hydrogen) atoms. The Bertz CT molecular complexity index is 928. The highest BCUT2D eigenvalue weighted by molar-refractivity contribution is 7.92. The number of halogens is 1. The van der Waals surface area contributed by atoms with E-state index >= 15 is 0 Å². The van der Waals surface area contributed by atoms with E-state index in [4.69, 9.17) is 11.6 Å². The summed E-state index contributed by atoms with van der Waals surface area (Å²) < 4.78 is 28.1. The minimum absolute atomic E-state index is 0.0404. The first-order valence-corrected chi connectivity index (χ1v) is 10.3. The maximum atomic E-state index is 12.8. The van der Waals surface area contributed by atoms with Gasteiger partial charge in [-0.05, 0) is 62.1 Å². The van der Waals surface area contributed by atoms with E-state index in [1.165, 1.54) is 12.1 Å². The summed E-state index contributed by atoms with van der Waals surface area (Å²) in [5.41, 5.74) is 2.42. The summed E-state index contributed by atoms with van der Waals surface area (Å²) >= 11 is 6.21. The molecule has 0 bridgehead atoms. The van der Waals surface area contributed by atoms with Crippen LogP contribution in [0.3, 0.4) is 0 Å². The highest BCUT2D eigenvalue weighted by Gasteiger charge is 2.22. The van der Waals surface area contributed by atoms with E-state index in [9.17, 15) is 13.2 Å². The summed E-state index contributed by atoms with van der Waals surface area (Å²) in [7, 11) is -3.86. The fourth-order valence-corrected chi connectivity index (χ4v) is 4.76. The zero-order chi connectivity index (χ0) is 18.9. The van der Waals surface area contributed by atoms with Gasteiger partial charge in [0.05, 0.1) is 15.6 Å². The van der Waals surface area contributed by atoms with Gasteiger partial charge in [0, 0.05) is 18.7 Å². The minimum Gasteiger partial charge on any atom is -0.339 e. The lowest BCUT2D eigenvalue weighted by Gasteiger charge is -2.16. The first kappa shape index (κ1) is 18.7. The summed E-state index contributed by atoms with van der Waals surface area (Å²) in [4.78, 5) is 14.3. The number of carbonyl (C=O) groups is 1. The van der Waals surface area contributed by atoms with Crippen LogP contribution < -0.4 is 4.72 Å². The van der Waals surface area contributed by atoms with Gasteiger partial charge in [0.25, 0.3) is 15.9 Å². The minimum atomic E-state index is -3.86. The first-order chi connectivity index (χ1) is 12.3. The van der Waals surface area contributed by atoms with E-state index in [1.54, 1.807) is 30.0 Å². The van der Waals surface area contributed by atoms with Crippen LogP contribution in [0.25, 0.3) is 0 Å². The van der Waals surface area contributed by atoms with E-state index in [1.807, 2.05) is 13.0 Å². The van der Waals surface area contributed by atoms with Crippen LogP contribution in [0.5, 0.6) is 0 Å². The molecule has 5 nitrogen and oxygen atoms in total. The second-order valence-corrected chi connectivity index (χ2v) is 8.66. The van der Waals surface area contributed by atoms with Crippen LogP contribution in [0, 0.1) is 13.8 Å². The fourth-order valence-electron chi connectivity index (χ4n) is 3.14. The molecule has 0 saturated carbocycles. The van der Waals surface area contributed by atoms with Crippen LogP contribution in [-0.4, -0.2) is 32.3 Å². The molecule has 3 rings (SSSR count). The molecule has 0 atom stereocenters. The van der Waals surface area contributed by atoms with Crippen molar-refractivity contribution in [2.75, 3.05) is 17.8 Å². The van der Waals surface area contributed by atoms with Gasteiger partial charge in [0.2, 0.25) is 0 Å². The number of benzene rings is 2. The fraction of sp³-hybridized carbons (Fsp3) is 0.316. The van der Waals surface area contributed by atoms with Crippen molar-refractivity contribution in [1.29, 1.82) is 0 Å². The molecular formula is C19H21ClN2O3S. The van der Waals surface area contributed by atoms with Gasteiger partial charge < -0.3 is 4.90 Å². The summed E-state index contributed by atoms with van der Waals surface area (Å²) in [6, 6.07) is 9.68. The van der Waals surface area contributed by atoms with Crippen molar-refractivity contribution < 1.29 is 13.2 Å². The van der Waals surface area contributed by atoms with Gasteiger partial charge in [-0.15, -0.1) is 0 Å². The third-order valence-corrected chi connectivity index (χ3v) is 6.10. The molecule has 0 aliphatic carbocycles. The molecule has 0 spiro atoms. The first-order valence-electron chi connectivity index (χ1n) is 8.47. The summed E-state index contributed by atoms with van der Waals surface area (Å²) in [5.74, 6) is -0.135. The number of likely N-dealkylation sites (tertiary alicyclic amines) is 1. The zero-order valence-corrected chi connectivity index (χ0v) is 16.3. The molecule has 1 fully saturated rings. The highest BCUT2D eigenvalue weighted by atomic mass is 35.5. The third-order valence-electron chi connectivity index (χ3n) is 4.45. The van der Waals surface area contributed by atoms with Gasteiger partial charge in [-0.25, -0.2) is 8.42 Å². The Morgan fingerprint density at radius 1 is 1.12 bits per heavy atom. The van der Waals surface area contributed by atoms with Crippen molar-refractivity contribution in [1.82, 2.24) is 4.90 Å².